The van der Waals surface area contributed by atoms with E-state index in [4.69, 9.17) is 5.73 Å². The number of carbonyl (C=O) groups is 1. The Morgan fingerprint density at radius 1 is 1.50 bits per heavy atom. The molecule has 1 aromatic heterocycles. The van der Waals surface area contributed by atoms with Gasteiger partial charge >= 0.3 is 0 Å². The Labute approximate surface area is 98.5 Å². The Morgan fingerprint density at radius 2 is 2.38 bits per heavy atom. The van der Waals surface area contributed by atoms with Gasteiger partial charge in [0, 0.05) is 17.8 Å². The number of anilines is 1. The average Bonchev–Trinajstić information content (AvgIpc) is 2.89. The predicted octanol–water partition coefficient (Wildman–Crippen LogP) is 0.943. The molecule has 0 spiro atoms. The van der Waals surface area contributed by atoms with Crippen LogP contribution in [0.15, 0.2) is 0 Å². The standard InChI is InChI=1S/C11H15N3OS/c12-5-7-4-10(15)14(6-7)11-13-8-2-1-3-9(8)16-11/h7H,1-6,12H2. The maximum atomic E-state index is 11.8. The number of nitrogens with two attached hydrogens (primary N) is 1. The fraction of sp³-hybridized carbons (Fsp3) is 0.636. The highest BCUT2D eigenvalue weighted by atomic mass is 32.1. The van der Waals surface area contributed by atoms with Crippen LogP contribution in [-0.4, -0.2) is 24.0 Å². The first-order valence-corrected chi connectivity index (χ1v) is 6.58. The molecule has 0 aromatic carbocycles. The summed E-state index contributed by atoms with van der Waals surface area (Å²) in [5.74, 6) is 0.495. The van der Waals surface area contributed by atoms with Crippen molar-refractivity contribution < 1.29 is 4.79 Å². The summed E-state index contributed by atoms with van der Waals surface area (Å²) in [6.07, 6.45) is 4.01. The number of hydrogen-bond acceptors (Lipinski definition) is 4. The Bertz CT molecular complexity index is 407. The molecule has 0 bridgehead atoms. The van der Waals surface area contributed by atoms with Crippen LogP contribution in [0, 0.1) is 5.92 Å². The van der Waals surface area contributed by atoms with Gasteiger partial charge in [-0.15, -0.1) is 11.3 Å². The largest absolute Gasteiger partial charge is 0.330 e. The summed E-state index contributed by atoms with van der Waals surface area (Å²) in [6.45, 7) is 1.34. The van der Waals surface area contributed by atoms with Gasteiger partial charge in [0.15, 0.2) is 5.13 Å². The second kappa shape index (κ2) is 3.82. The van der Waals surface area contributed by atoms with Gasteiger partial charge in [0.05, 0.1) is 5.69 Å². The van der Waals surface area contributed by atoms with E-state index in [1.54, 1.807) is 11.3 Å². The topological polar surface area (TPSA) is 59.2 Å². The first kappa shape index (κ1) is 10.2. The molecule has 1 aliphatic carbocycles. The van der Waals surface area contributed by atoms with Crippen LogP contribution in [0.4, 0.5) is 5.13 Å². The van der Waals surface area contributed by atoms with Crippen molar-refractivity contribution in [1.82, 2.24) is 4.98 Å². The summed E-state index contributed by atoms with van der Waals surface area (Å²) in [7, 11) is 0. The zero-order valence-electron chi connectivity index (χ0n) is 9.11. The highest BCUT2D eigenvalue weighted by Gasteiger charge is 2.32. The summed E-state index contributed by atoms with van der Waals surface area (Å²) in [5, 5.41) is 0.894. The molecule has 1 saturated heterocycles. The molecule has 1 aliphatic heterocycles. The van der Waals surface area contributed by atoms with E-state index in [0.29, 0.717) is 18.9 Å². The van der Waals surface area contributed by atoms with Crippen LogP contribution in [0.2, 0.25) is 0 Å². The molecular formula is C11H15N3OS. The molecule has 0 radical (unpaired) electrons. The lowest BCUT2D eigenvalue weighted by molar-refractivity contribution is -0.117. The highest BCUT2D eigenvalue weighted by Crippen LogP contribution is 2.35. The van der Waals surface area contributed by atoms with Crippen molar-refractivity contribution in [2.45, 2.75) is 25.7 Å². The average molecular weight is 237 g/mol. The van der Waals surface area contributed by atoms with E-state index in [1.807, 2.05) is 4.90 Å². The van der Waals surface area contributed by atoms with Crippen molar-refractivity contribution >= 4 is 22.4 Å². The molecule has 0 saturated carbocycles. The molecule has 2 N–H and O–H groups in total. The third-order valence-corrected chi connectivity index (χ3v) is 4.53. The molecule has 3 rings (SSSR count). The van der Waals surface area contributed by atoms with Gasteiger partial charge in [-0.2, -0.15) is 0 Å². The van der Waals surface area contributed by atoms with Crippen LogP contribution in [-0.2, 0) is 17.6 Å². The van der Waals surface area contributed by atoms with Crippen molar-refractivity contribution in [2.24, 2.45) is 11.7 Å². The molecule has 86 valence electrons. The summed E-state index contributed by atoms with van der Waals surface area (Å²) < 4.78 is 0. The highest BCUT2D eigenvalue weighted by molar-refractivity contribution is 7.16. The number of aryl methyl sites for hydroxylation is 2. The minimum atomic E-state index is 0.183. The third-order valence-electron chi connectivity index (χ3n) is 3.35. The number of nitrogens with zero attached hydrogens (tertiary/aromatic N) is 2. The maximum absolute atomic E-state index is 11.8. The van der Waals surface area contributed by atoms with E-state index in [0.717, 1.165) is 24.5 Å². The first-order chi connectivity index (χ1) is 7.78. The zero-order valence-corrected chi connectivity index (χ0v) is 9.92. The fourth-order valence-corrected chi connectivity index (χ4v) is 3.59. The van der Waals surface area contributed by atoms with E-state index in [2.05, 4.69) is 4.98 Å². The molecule has 2 heterocycles. The number of thiazole rings is 1. The quantitative estimate of drug-likeness (QED) is 0.833. The van der Waals surface area contributed by atoms with Crippen LogP contribution in [0.3, 0.4) is 0 Å². The van der Waals surface area contributed by atoms with Crippen LogP contribution in [0.25, 0.3) is 0 Å². The number of amides is 1. The molecule has 16 heavy (non-hydrogen) atoms. The second-order valence-electron chi connectivity index (χ2n) is 4.53. The van der Waals surface area contributed by atoms with Crippen molar-refractivity contribution in [1.29, 1.82) is 0 Å². The molecule has 1 unspecified atom stereocenters. The summed E-state index contributed by atoms with van der Waals surface area (Å²) in [4.78, 5) is 19.6. The summed E-state index contributed by atoms with van der Waals surface area (Å²) in [6, 6.07) is 0. The SMILES string of the molecule is NCC1CC(=O)N(c2nc3c(s2)CCC3)C1. The van der Waals surface area contributed by atoms with Crippen LogP contribution < -0.4 is 10.6 Å². The van der Waals surface area contributed by atoms with E-state index in [9.17, 15) is 4.79 Å². The number of rotatable bonds is 2. The van der Waals surface area contributed by atoms with Gasteiger partial charge < -0.3 is 5.73 Å². The van der Waals surface area contributed by atoms with Gasteiger partial charge in [0.1, 0.15) is 0 Å². The monoisotopic (exact) mass is 237 g/mol. The number of hydrogen-bond donors (Lipinski definition) is 1. The smallest absolute Gasteiger partial charge is 0.229 e. The Morgan fingerprint density at radius 3 is 3.06 bits per heavy atom. The lowest BCUT2D eigenvalue weighted by atomic mass is 10.1. The lowest BCUT2D eigenvalue weighted by Gasteiger charge is -2.12. The fourth-order valence-electron chi connectivity index (χ4n) is 2.42. The van der Waals surface area contributed by atoms with E-state index in [1.165, 1.54) is 17.0 Å². The molecule has 5 heteroatoms. The van der Waals surface area contributed by atoms with E-state index < -0.39 is 0 Å². The van der Waals surface area contributed by atoms with E-state index >= 15 is 0 Å². The normalized spacial score (nSPS) is 24.2. The van der Waals surface area contributed by atoms with E-state index in [-0.39, 0.29) is 5.91 Å². The molecule has 1 atom stereocenters. The van der Waals surface area contributed by atoms with Crippen molar-refractivity contribution in [2.75, 3.05) is 18.0 Å². The Kier molecular flexibility index (Phi) is 2.44. The summed E-state index contributed by atoms with van der Waals surface area (Å²) in [5.41, 5.74) is 6.82. The molecular weight excluding hydrogens is 222 g/mol. The van der Waals surface area contributed by atoms with Crippen LogP contribution in [0.5, 0.6) is 0 Å². The zero-order chi connectivity index (χ0) is 11.1. The van der Waals surface area contributed by atoms with Crippen LogP contribution in [0.1, 0.15) is 23.4 Å². The maximum Gasteiger partial charge on any atom is 0.229 e. The lowest BCUT2D eigenvalue weighted by Crippen LogP contribution is -2.25. The van der Waals surface area contributed by atoms with Gasteiger partial charge in [-0.1, -0.05) is 0 Å². The molecule has 2 aliphatic rings. The van der Waals surface area contributed by atoms with Crippen LogP contribution >= 0.6 is 11.3 Å². The number of fused-ring (bicyclic) bond motifs is 1. The minimum Gasteiger partial charge on any atom is -0.330 e. The minimum absolute atomic E-state index is 0.183. The Hall–Kier alpha value is -0.940. The number of carbonyl (C=O) groups excluding carboxylic acids is 1. The van der Waals surface area contributed by atoms with Gasteiger partial charge in [0.2, 0.25) is 5.91 Å². The van der Waals surface area contributed by atoms with Crippen molar-refractivity contribution in [3.8, 4) is 0 Å². The van der Waals surface area contributed by atoms with Gasteiger partial charge in [-0.3, -0.25) is 9.69 Å². The number of aromatic nitrogens is 1. The molecule has 1 aromatic rings. The molecule has 1 amide bonds. The van der Waals surface area contributed by atoms with Gasteiger partial charge in [-0.05, 0) is 31.7 Å². The Balaban J connectivity index is 1.84. The van der Waals surface area contributed by atoms with Crippen molar-refractivity contribution in [3.05, 3.63) is 10.6 Å². The molecule has 1 fully saturated rings. The second-order valence-corrected chi connectivity index (χ2v) is 5.59. The third kappa shape index (κ3) is 1.55. The van der Waals surface area contributed by atoms with Crippen molar-refractivity contribution in [3.63, 3.8) is 0 Å². The molecule has 4 nitrogen and oxygen atoms in total. The van der Waals surface area contributed by atoms with Gasteiger partial charge in [-0.25, -0.2) is 4.98 Å². The first-order valence-electron chi connectivity index (χ1n) is 5.77. The summed E-state index contributed by atoms with van der Waals surface area (Å²) >= 11 is 1.69. The predicted molar refractivity (Wildman–Crippen MR) is 63.7 cm³/mol. The van der Waals surface area contributed by atoms with Gasteiger partial charge in [0.25, 0.3) is 0 Å².